The van der Waals surface area contributed by atoms with E-state index in [1.165, 1.54) is 0 Å². The lowest BCUT2D eigenvalue weighted by Gasteiger charge is -2.18. The van der Waals surface area contributed by atoms with Gasteiger partial charge in [0, 0.05) is 6.04 Å². The molecule has 0 aromatic carbocycles. The number of rotatable bonds is 1. The molecule has 0 atom stereocenters. The Bertz CT molecular complexity index is 148. The van der Waals surface area contributed by atoms with Crippen molar-refractivity contribution in [3.63, 3.8) is 0 Å². The second-order valence-corrected chi connectivity index (χ2v) is 2.30. The molecular formula is C6H11N3. The van der Waals surface area contributed by atoms with E-state index in [-0.39, 0.29) is 0 Å². The molecule has 0 fully saturated rings. The normalized spacial score (nSPS) is 17.2. The van der Waals surface area contributed by atoms with Crippen LogP contribution in [0.25, 0.3) is 0 Å². The number of hydrogen-bond donors (Lipinski definition) is 1. The minimum absolute atomic E-state index is 0.438. The SMILES string of the molecule is C=C1N=CN(C(C)C)N1. The quantitative estimate of drug-likeness (QED) is 0.559. The standard InChI is InChI=1S/C6H11N3/c1-5(2)9-4-7-6(3)8-9/h4-5,8H,3H2,1-2H3. The van der Waals surface area contributed by atoms with Crippen LogP contribution in [-0.4, -0.2) is 17.4 Å². The Morgan fingerprint density at radius 2 is 2.44 bits per heavy atom. The zero-order valence-corrected chi connectivity index (χ0v) is 5.76. The summed E-state index contributed by atoms with van der Waals surface area (Å²) in [4.78, 5) is 3.93. The highest BCUT2D eigenvalue weighted by molar-refractivity contribution is 5.59. The molecule has 0 spiro atoms. The van der Waals surface area contributed by atoms with E-state index in [9.17, 15) is 0 Å². The minimum Gasteiger partial charge on any atom is -0.281 e. The Morgan fingerprint density at radius 1 is 1.78 bits per heavy atom. The van der Waals surface area contributed by atoms with Crippen LogP contribution in [0.1, 0.15) is 13.8 Å². The lowest BCUT2D eigenvalue weighted by molar-refractivity contribution is 0.311. The van der Waals surface area contributed by atoms with Gasteiger partial charge in [-0.15, -0.1) is 0 Å². The van der Waals surface area contributed by atoms with E-state index in [2.05, 4.69) is 30.8 Å². The van der Waals surface area contributed by atoms with Gasteiger partial charge in [0.05, 0.1) is 0 Å². The topological polar surface area (TPSA) is 27.6 Å². The summed E-state index contributed by atoms with van der Waals surface area (Å²) in [6.07, 6.45) is 1.74. The average Bonchev–Trinajstić information content (AvgIpc) is 2.14. The van der Waals surface area contributed by atoms with E-state index in [1.807, 2.05) is 5.01 Å². The third-order valence-electron chi connectivity index (χ3n) is 1.15. The van der Waals surface area contributed by atoms with E-state index < -0.39 is 0 Å². The molecule has 1 N–H and O–H groups in total. The van der Waals surface area contributed by atoms with Crippen LogP contribution in [0.2, 0.25) is 0 Å². The summed E-state index contributed by atoms with van der Waals surface area (Å²) < 4.78 is 0. The summed E-state index contributed by atoms with van der Waals surface area (Å²) in [6, 6.07) is 0.438. The highest BCUT2D eigenvalue weighted by Gasteiger charge is 2.09. The minimum atomic E-state index is 0.438. The van der Waals surface area contributed by atoms with Crippen LogP contribution < -0.4 is 5.43 Å². The molecular weight excluding hydrogens is 114 g/mol. The first-order valence-electron chi connectivity index (χ1n) is 2.98. The molecule has 0 aromatic rings. The van der Waals surface area contributed by atoms with Gasteiger partial charge >= 0.3 is 0 Å². The largest absolute Gasteiger partial charge is 0.281 e. The summed E-state index contributed by atoms with van der Waals surface area (Å²) in [7, 11) is 0. The molecule has 1 aliphatic rings. The molecule has 0 bridgehead atoms. The lowest BCUT2D eigenvalue weighted by atomic mass is 10.4. The average molecular weight is 125 g/mol. The van der Waals surface area contributed by atoms with Crippen LogP contribution in [0, 0.1) is 0 Å². The van der Waals surface area contributed by atoms with Crippen LogP contribution >= 0.6 is 0 Å². The zero-order valence-electron chi connectivity index (χ0n) is 5.76. The molecule has 1 rings (SSSR count). The van der Waals surface area contributed by atoms with Gasteiger partial charge in [-0.2, -0.15) is 0 Å². The van der Waals surface area contributed by atoms with Gasteiger partial charge in [-0.3, -0.25) is 10.4 Å². The van der Waals surface area contributed by atoms with E-state index in [0.717, 1.165) is 0 Å². The number of aliphatic imine (C=N–C) groups is 1. The molecule has 0 radical (unpaired) electrons. The fourth-order valence-electron chi connectivity index (χ4n) is 0.601. The molecule has 0 aromatic heterocycles. The summed E-state index contributed by atoms with van der Waals surface area (Å²) in [5.74, 6) is 0.712. The fourth-order valence-corrected chi connectivity index (χ4v) is 0.601. The number of hydrazine groups is 1. The maximum absolute atomic E-state index is 3.93. The van der Waals surface area contributed by atoms with Crippen molar-refractivity contribution in [1.82, 2.24) is 10.4 Å². The zero-order chi connectivity index (χ0) is 6.85. The fraction of sp³-hybridized carbons (Fsp3) is 0.500. The molecule has 0 aliphatic carbocycles. The van der Waals surface area contributed by atoms with Gasteiger partial charge in [0.2, 0.25) is 0 Å². The predicted octanol–water partition coefficient (Wildman–Crippen LogP) is 0.714. The molecule has 3 heteroatoms. The van der Waals surface area contributed by atoms with Crippen LogP contribution in [0.4, 0.5) is 0 Å². The van der Waals surface area contributed by atoms with E-state index >= 15 is 0 Å². The van der Waals surface area contributed by atoms with Crippen molar-refractivity contribution in [2.45, 2.75) is 19.9 Å². The van der Waals surface area contributed by atoms with Crippen LogP contribution in [-0.2, 0) is 0 Å². The van der Waals surface area contributed by atoms with E-state index in [1.54, 1.807) is 6.34 Å². The molecule has 1 aliphatic heterocycles. The first-order valence-corrected chi connectivity index (χ1v) is 2.98. The van der Waals surface area contributed by atoms with Crippen molar-refractivity contribution in [2.24, 2.45) is 4.99 Å². The maximum atomic E-state index is 3.93. The van der Waals surface area contributed by atoms with Crippen molar-refractivity contribution >= 4 is 6.34 Å². The van der Waals surface area contributed by atoms with Gasteiger partial charge in [-0.05, 0) is 13.8 Å². The van der Waals surface area contributed by atoms with Gasteiger partial charge in [0.1, 0.15) is 12.2 Å². The molecule has 0 saturated heterocycles. The molecule has 9 heavy (non-hydrogen) atoms. The Hall–Kier alpha value is -0.990. The molecule has 50 valence electrons. The van der Waals surface area contributed by atoms with Crippen LogP contribution in [0.15, 0.2) is 17.4 Å². The number of nitrogens with one attached hydrogen (secondary N) is 1. The Kier molecular flexibility index (Phi) is 1.42. The van der Waals surface area contributed by atoms with E-state index in [4.69, 9.17) is 0 Å². The van der Waals surface area contributed by atoms with Gasteiger partial charge in [-0.25, -0.2) is 4.99 Å². The molecule has 1 heterocycles. The van der Waals surface area contributed by atoms with Crippen LogP contribution in [0.5, 0.6) is 0 Å². The molecule has 0 amide bonds. The summed E-state index contributed by atoms with van der Waals surface area (Å²) in [6.45, 7) is 7.80. The maximum Gasteiger partial charge on any atom is 0.139 e. The summed E-state index contributed by atoms with van der Waals surface area (Å²) in [5, 5.41) is 1.91. The van der Waals surface area contributed by atoms with Crippen molar-refractivity contribution in [2.75, 3.05) is 0 Å². The van der Waals surface area contributed by atoms with Gasteiger partial charge in [-0.1, -0.05) is 6.58 Å². The van der Waals surface area contributed by atoms with Crippen molar-refractivity contribution in [1.29, 1.82) is 0 Å². The Morgan fingerprint density at radius 3 is 2.67 bits per heavy atom. The number of nitrogens with zero attached hydrogens (tertiary/aromatic N) is 2. The smallest absolute Gasteiger partial charge is 0.139 e. The Labute approximate surface area is 55.0 Å². The molecule has 0 saturated carbocycles. The van der Waals surface area contributed by atoms with Crippen molar-refractivity contribution in [3.05, 3.63) is 12.4 Å². The second kappa shape index (κ2) is 2.09. The third-order valence-corrected chi connectivity index (χ3v) is 1.15. The third kappa shape index (κ3) is 1.22. The highest BCUT2D eigenvalue weighted by atomic mass is 15.6. The summed E-state index contributed by atoms with van der Waals surface area (Å²) in [5.41, 5.74) is 2.97. The first kappa shape index (κ1) is 6.13. The van der Waals surface area contributed by atoms with Crippen molar-refractivity contribution in [3.8, 4) is 0 Å². The lowest BCUT2D eigenvalue weighted by Crippen LogP contribution is -2.36. The van der Waals surface area contributed by atoms with E-state index in [0.29, 0.717) is 11.9 Å². The second-order valence-electron chi connectivity index (χ2n) is 2.30. The summed E-state index contributed by atoms with van der Waals surface area (Å²) >= 11 is 0. The number of hydrogen-bond acceptors (Lipinski definition) is 3. The first-order chi connectivity index (χ1) is 4.20. The van der Waals surface area contributed by atoms with Gasteiger partial charge < -0.3 is 0 Å². The predicted molar refractivity (Wildman–Crippen MR) is 37.7 cm³/mol. The van der Waals surface area contributed by atoms with Crippen LogP contribution in [0.3, 0.4) is 0 Å². The molecule has 0 unspecified atom stereocenters. The Balaban J connectivity index is 2.50. The van der Waals surface area contributed by atoms with Gasteiger partial charge in [0.25, 0.3) is 0 Å². The molecule has 3 nitrogen and oxygen atoms in total. The van der Waals surface area contributed by atoms with Gasteiger partial charge in [0.15, 0.2) is 0 Å². The van der Waals surface area contributed by atoms with Crippen molar-refractivity contribution < 1.29 is 0 Å². The highest BCUT2D eigenvalue weighted by Crippen LogP contribution is 2.00. The monoisotopic (exact) mass is 125 g/mol.